The molecule has 1 aromatic heterocycles. The molecule has 12 heteroatoms. The number of carboxylic acid groups (broad SMARTS) is 1. The Balaban J connectivity index is 1.68. The lowest BCUT2D eigenvalue weighted by Gasteiger charge is -2.49. The van der Waals surface area contributed by atoms with Crippen LogP contribution in [0.15, 0.2) is 10.5 Å². The zero-order valence-electron chi connectivity index (χ0n) is 13.0. The number of carbonyl (C=O) groups excluding carboxylic acids is 2. The molecule has 134 valence electrons. The van der Waals surface area contributed by atoms with Crippen molar-refractivity contribution < 1.29 is 29.2 Å². The van der Waals surface area contributed by atoms with Crippen LogP contribution in [-0.4, -0.2) is 63.9 Å². The molecule has 2 aliphatic rings. The van der Waals surface area contributed by atoms with Gasteiger partial charge in [-0.05, 0) is 12.8 Å². The average molecular weight is 369 g/mol. The molecule has 3 rings (SSSR count). The van der Waals surface area contributed by atoms with E-state index in [1.165, 1.54) is 7.11 Å². The van der Waals surface area contributed by atoms with Crippen LogP contribution >= 0.6 is 11.3 Å². The van der Waals surface area contributed by atoms with Gasteiger partial charge >= 0.3 is 5.97 Å². The molecule has 25 heavy (non-hydrogen) atoms. The highest BCUT2D eigenvalue weighted by molar-refractivity contribution is 7.13. The number of thiazole rings is 1. The van der Waals surface area contributed by atoms with Gasteiger partial charge < -0.3 is 21.0 Å². The minimum atomic E-state index is -1.13. The molecule has 2 fully saturated rings. The topological polar surface area (TPSA) is 156 Å². The van der Waals surface area contributed by atoms with Crippen LogP contribution in [0.25, 0.3) is 0 Å². The Morgan fingerprint density at radius 1 is 1.56 bits per heavy atom. The number of nitrogens with zero attached hydrogens (tertiary/aromatic N) is 3. The molecule has 1 aromatic rings. The van der Waals surface area contributed by atoms with E-state index in [1.54, 1.807) is 5.38 Å². The smallest absolute Gasteiger partial charge is 0.335 e. The normalized spacial score (nSPS) is 25.8. The minimum absolute atomic E-state index is 0.109. The van der Waals surface area contributed by atoms with Crippen molar-refractivity contribution in [1.82, 2.24) is 15.4 Å². The number of anilines is 1. The summed E-state index contributed by atoms with van der Waals surface area (Å²) in [7, 11) is 1.28. The Hall–Kier alpha value is -2.73. The van der Waals surface area contributed by atoms with E-state index in [2.05, 4.69) is 20.3 Å². The van der Waals surface area contributed by atoms with E-state index in [-0.39, 0.29) is 23.0 Å². The first-order valence-electron chi connectivity index (χ1n) is 7.28. The summed E-state index contributed by atoms with van der Waals surface area (Å²) in [5, 5.41) is 18.0. The van der Waals surface area contributed by atoms with E-state index in [1.807, 2.05) is 0 Å². The SMILES string of the molecule is CON=C(C(=O)N[C@@H]1C(=O)N2O[C@H](C(=O)O)CC[C@H]12)c1csc(N)n1. The molecule has 0 unspecified atom stereocenters. The standard InChI is InChI=1S/C13H15N5O6S/c1-23-17-8(5-4-25-13(14)15-5)10(19)16-9-6-2-3-7(12(21)22)24-18(6)11(9)20/h4,6-7,9H,2-3H2,1H3,(H2,14,15)(H,16,19)(H,21,22)/t6-,7+,9+/m1/s1. The van der Waals surface area contributed by atoms with Crippen molar-refractivity contribution in [2.75, 3.05) is 12.8 Å². The molecule has 11 nitrogen and oxygen atoms in total. The zero-order chi connectivity index (χ0) is 18.1. The van der Waals surface area contributed by atoms with Gasteiger partial charge in [0, 0.05) is 5.38 Å². The van der Waals surface area contributed by atoms with E-state index >= 15 is 0 Å². The first-order valence-corrected chi connectivity index (χ1v) is 8.16. The van der Waals surface area contributed by atoms with E-state index in [0.29, 0.717) is 6.42 Å². The zero-order valence-corrected chi connectivity index (χ0v) is 13.9. The average Bonchev–Trinajstić information content (AvgIpc) is 3.02. The number of aromatic nitrogens is 1. The highest BCUT2D eigenvalue weighted by Gasteiger charge is 2.53. The molecule has 3 atom stereocenters. The fourth-order valence-electron chi connectivity index (χ4n) is 2.67. The van der Waals surface area contributed by atoms with Crippen molar-refractivity contribution in [2.24, 2.45) is 5.16 Å². The monoisotopic (exact) mass is 369 g/mol. The lowest BCUT2D eigenvalue weighted by molar-refractivity contribution is -0.273. The maximum atomic E-state index is 12.4. The molecule has 2 amide bonds. The lowest BCUT2D eigenvalue weighted by atomic mass is 9.90. The summed E-state index contributed by atoms with van der Waals surface area (Å²) in [6, 6.07) is -1.24. The molecule has 3 heterocycles. The molecule has 0 aliphatic carbocycles. The number of rotatable bonds is 5. The summed E-state index contributed by atoms with van der Waals surface area (Å²) in [5.74, 6) is -2.29. The highest BCUT2D eigenvalue weighted by atomic mass is 32.1. The van der Waals surface area contributed by atoms with Gasteiger partial charge in [0.15, 0.2) is 16.9 Å². The van der Waals surface area contributed by atoms with Crippen LogP contribution in [0.4, 0.5) is 5.13 Å². The molecule has 0 saturated carbocycles. The molecule has 0 aromatic carbocycles. The van der Waals surface area contributed by atoms with E-state index in [4.69, 9.17) is 15.7 Å². The van der Waals surface area contributed by atoms with E-state index in [0.717, 1.165) is 16.4 Å². The van der Waals surface area contributed by atoms with Gasteiger partial charge in [0.05, 0.1) is 6.04 Å². The Morgan fingerprint density at radius 3 is 2.92 bits per heavy atom. The Labute approximate surface area is 145 Å². The third-order valence-corrected chi connectivity index (χ3v) is 4.53. The number of amides is 2. The van der Waals surface area contributed by atoms with Crippen LogP contribution in [0.5, 0.6) is 0 Å². The maximum Gasteiger partial charge on any atom is 0.335 e. The number of carboxylic acids is 1. The number of nitrogen functional groups attached to an aromatic ring is 1. The molecule has 0 bridgehead atoms. The summed E-state index contributed by atoms with van der Waals surface area (Å²) < 4.78 is 0. The third kappa shape index (κ3) is 3.13. The second-order valence-corrected chi connectivity index (χ2v) is 6.28. The summed E-state index contributed by atoms with van der Waals surface area (Å²) in [6.07, 6.45) is -0.410. The number of aliphatic carboxylic acids is 1. The van der Waals surface area contributed by atoms with E-state index in [9.17, 15) is 14.4 Å². The molecule has 2 saturated heterocycles. The number of fused-ring (bicyclic) bond motifs is 1. The summed E-state index contributed by atoms with van der Waals surface area (Å²) >= 11 is 1.14. The number of oxime groups is 1. The number of hydrogen-bond acceptors (Lipinski definition) is 9. The Bertz CT molecular complexity index is 749. The number of hydroxylamine groups is 2. The number of nitrogens with one attached hydrogen (secondary N) is 1. The largest absolute Gasteiger partial charge is 0.479 e. The second kappa shape index (κ2) is 6.64. The summed E-state index contributed by atoms with van der Waals surface area (Å²) in [6.45, 7) is 0. The minimum Gasteiger partial charge on any atom is -0.479 e. The van der Waals surface area contributed by atoms with Crippen molar-refractivity contribution in [3.8, 4) is 0 Å². The van der Waals surface area contributed by atoms with Gasteiger partial charge in [-0.1, -0.05) is 5.16 Å². The van der Waals surface area contributed by atoms with Crippen LogP contribution in [-0.2, 0) is 24.1 Å². The Morgan fingerprint density at radius 2 is 2.32 bits per heavy atom. The molecule has 0 radical (unpaired) electrons. The summed E-state index contributed by atoms with van der Waals surface area (Å²) in [5.41, 5.74) is 5.68. The first kappa shape index (κ1) is 17.1. The summed E-state index contributed by atoms with van der Waals surface area (Å²) in [4.78, 5) is 49.2. The highest BCUT2D eigenvalue weighted by Crippen LogP contribution is 2.31. The maximum absolute atomic E-state index is 12.4. The molecule has 4 N–H and O–H groups in total. The molecule has 2 aliphatic heterocycles. The van der Waals surface area contributed by atoms with Crippen LogP contribution in [0.1, 0.15) is 18.5 Å². The van der Waals surface area contributed by atoms with Gasteiger partial charge in [-0.2, -0.15) is 0 Å². The van der Waals surface area contributed by atoms with Crippen molar-refractivity contribution in [1.29, 1.82) is 0 Å². The van der Waals surface area contributed by atoms with Crippen LogP contribution < -0.4 is 11.1 Å². The number of hydrogen-bond donors (Lipinski definition) is 3. The fourth-order valence-corrected chi connectivity index (χ4v) is 3.22. The molecular weight excluding hydrogens is 354 g/mol. The van der Waals surface area contributed by atoms with Crippen LogP contribution in [0, 0.1) is 0 Å². The number of nitrogens with two attached hydrogens (primary N) is 1. The number of β-lactam (4-membered cyclic amide) rings is 1. The number of carbonyl (C=O) groups is 3. The Kier molecular flexibility index (Phi) is 4.55. The van der Waals surface area contributed by atoms with Gasteiger partial charge in [-0.15, -0.1) is 11.3 Å². The van der Waals surface area contributed by atoms with Gasteiger partial charge in [0.25, 0.3) is 11.8 Å². The first-order chi connectivity index (χ1) is 11.9. The van der Waals surface area contributed by atoms with Crippen molar-refractivity contribution in [3.05, 3.63) is 11.1 Å². The lowest BCUT2D eigenvalue weighted by Crippen LogP contribution is -2.73. The van der Waals surface area contributed by atoms with Crippen molar-refractivity contribution in [2.45, 2.75) is 31.0 Å². The molecule has 0 spiro atoms. The van der Waals surface area contributed by atoms with Gasteiger partial charge in [0.2, 0.25) is 0 Å². The molecular formula is C13H15N5O6S. The van der Waals surface area contributed by atoms with Crippen LogP contribution in [0.3, 0.4) is 0 Å². The van der Waals surface area contributed by atoms with Gasteiger partial charge in [-0.25, -0.2) is 14.8 Å². The van der Waals surface area contributed by atoms with Crippen molar-refractivity contribution in [3.63, 3.8) is 0 Å². The predicted molar refractivity (Wildman–Crippen MR) is 84.4 cm³/mol. The van der Waals surface area contributed by atoms with Crippen molar-refractivity contribution >= 4 is 40.0 Å². The van der Waals surface area contributed by atoms with Crippen LogP contribution in [0.2, 0.25) is 0 Å². The predicted octanol–water partition coefficient (Wildman–Crippen LogP) is -1.05. The second-order valence-electron chi connectivity index (χ2n) is 5.39. The van der Waals surface area contributed by atoms with E-state index < -0.39 is 36.0 Å². The fraction of sp³-hybridized carbons (Fsp3) is 0.462. The van der Waals surface area contributed by atoms with Gasteiger partial charge in [-0.3, -0.25) is 14.4 Å². The quantitative estimate of drug-likeness (QED) is 0.337. The third-order valence-electron chi connectivity index (χ3n) is 3.86. The van der Waals surface area contributed by atoms with Gasteiger partial charge in [0.1, 0.15) is 18.8 Å².